The van der Waals surface area contributed by atoms with Crippen LogP contribution in [0.4, 0.5) is 0 Å². The number of rotatable bonds is 1. The molecule has 0 amide bonds. The van der Waals surface area contributed by atoms with Crippen molar-refractivity contribution in [3.05, 3.63) is 22.8 Å². The molecule has 0 aromatic carbocycles. The first-order valence-electron chi connectivity index (χ1n) is 3.71. The molecule has 4 heteroatoms. The highest BCUT2D eigenvalue weighted by atomic mass is 32.1. The van der Waals surface area contributed by atoms with Gasteiger partial charge in [0, 0.05) is 4.88 Å². The molecule has 2 aromatic rings. The molecule has 0 spiro atoms. The quantitative estimate of drug-likeness (QED) is 0.728. The maximum absolute atomic E-state index is 4.24. The van der Waals surface area contributed by atoms with Crippen LogP contribution < -0.4 is 0 Å². The van der Waals surface area contributed by atoms with Crippen LogP contribution >= 0.6 is 11.3 Å². The van der Waals surface area contributed by atoms with Gasteiger partial charge >= 0.3 is 0 Å². The number of thiophene rings is 1. The number of H-pyrrole nitrogens is 1. The van der Waals surface area contributed by atoms with Gasteiger partial charge < -0.3 is 0 Å². The molecule has 0 bridgehead atoms. The van der Waals surface area contributed by atoms with Gasteiger partial charge in [0.2, 0.25) is 0 Å². The van der Waals surface area contributed by atoms with Crippen LogP contribution in [0.5, 0.6) is 0 Å². The first kappa shape index (κ1) is 7.49. The van der Waals surface area contributed by atoms with Crippen LogP contribution in [-0.4, -0.2) is 15.2 Å². The first-order chi connectivity index (χ1) is 5.75. The van der Waals surface area contributed by atoms with Gasteiger partial charge in [0.25, 0.3) is 0 Å². The average Bonchev–Trinajstić information content (AvgIpc) is 2.58. The summed E-state index contributed by atoms with van der Waals surface area (Å²) in [5.74, 6) is 1.65. The van der Waals surface area contributed by atoms with Crippen molar-refractivity contribution in [3.63, 3.8) is 0 Å². The highest BCUT2D eigenvalue weighted by molar-refractivity contribution is 7.15. The van der Waals surface area contributed by atoms with Gasteiger partial charge in [-0.05, 0) is 26.0 Å². The van der Waals surface area contributed by atoms with Gasteiger partial charge in [-0.25, -0.2) is 4.98 Å². The van der Waals surface area contributed by atoms with Crippen molar-refractivity contribution in [1.29, 1.82) is 0 Å². The molecule has 1 N–H and O–H groups in total. The van der Waals surface area contributed by atoms with Crippen molar-refractivity contribution < 1.29 is 0 Å². The van der Waals surface area contributed by atoms with Crippen LogP contribution in [-0.2, 0) is 0 Å². The van der Waals surface area contributed by atoms with Crippen molar-refractivity contribution in [1.82, 2.24) is 15.2 Å². The van der Waals surface area contributed by atoms with Gasteiger partial charge in [-0.1, -0.05) is 0 Å². The fourth-order valence-electron chi connectivity index (χ4n) is 1.01. The Morgan fingerprint density at radius 3 is 2.67 bits per heavy atom. The van der Waals surface area contributed by atoms with Gasteiger partial charge in [-0.3, -0.25) is 5.10 Å². The minimum absolute atomic E-state index is 0.797. The van der Waals surface area contributed by atoms with E-state index in [1.807, 2.05) is 13.0 Å². The summed E-state index contributed by atoms with van der Waals surface area (Å²) in [6, 6.07) is 4.12. The Morgan fingerprint density at radius 1 is 1.33 bits per heavy atom. The predicted octanol–water partition coefficient (Wildman–Crippen LogP) is 2.15. The lowest BCUT2D eigenvalue weighted by molar-refractivity contribution is 1.04. The zero-order chi connectivity index (χ0) is 8.55. The van der Waals surface area contributed by atoms with Crippen LogP contribution in [0.1, 0.15) is 10.7 Å². The summed E-state index contributed by atoms with van der Waals surface area (Å²) in [5, 5.41) is 6.90. The maximum atomic E-state index is 4.24. The van der Waals surface area contributed by atoms with E-state index in [1.54, 1.807) is 11.3 Å². The van der Waals surface area contributed by atoms with Crippen LogP contribution in [0.3, 0.4) is 0 Å². The third-order valence-electron chi connectivity index (χ3n) is 1.56. The number of aromatic amines is 1. The molecule has 2 heterocycles. The van der Waals surface area contributed by atoms with E-state index in [0.29, 0.717) is 0 Å². The monoisotopic (exact) mass is 179 g/mol. The Balaban J connectivity index is 2.43. The molecule has 0 atom stereocenters. The molecule has 0 fully saturated rings. The summed E-state index contributed by atoms with van der Waals surface area (Å²) in [5.41, 5.74) is 0. The normalized spacial score (nSPS) is 10.5. The molecular formula is C8H9N3S. The van der Waals surface area contributed by atoms with Gasteiger partial charge in [-0.15, -0.1) is 11.3 Å². The SMILES string of the molecule is Cc1nc(-c2ccc(C)s2)n[nH]1. The molecule has 0 aliphatic heterocycles. The second-order valence-corrected chi connectivity index (χ2v) is 3.94. The molecule has 12 heavy (non-hydrogen) atoms. The van der Waals surface area contributed by atoms with Crippen molar-refractivity contribution in [2.75, 3.05) is 0 Å². The minimum atomic E-state index is 0.797. The minimum Gasteiger partial charge on any atom is -0.263 e. The van der Waals surface area contributed by atoms with E-state index in [9.17, 15) is 0 Å². The topological polar surface area (TPSA) is 41.6 Å². The molecule has 3 nitrogen and oxygen atoms in total. The maximum Gasteiger partial charge on any atom is 0.191 e. The van der Waals surface area contributed by atoms with E-state index in [1.165, 1.54) is 4.88 Å². The number of hydrogen-bond acceptors (Lipinski definition) is 3. The van der Waals surface area contributed by atoms with Crippen molar-refractivity contribution >= 4 is 11.3 Å². The van der Waals surface area contributed by atoms with Gasteiger partial charge in [0.05, 0.1) is 4.88 Å². The van der Waals surface area contributed by atoms with E-state index in [4.69, 9.17) is 0 Å². The Hall–Kier alpha value is -1.16. The van der Waals surface area contributed by atoms with E-state index < -0.39 is 0 Å². The Bertz CT molecular complexity index is 350. The molecule has 0 radical (unpaired) electrons. The Morgan fingerprint density at radius 2 is 2.17 bits per heavy atom. The van der Waals surface area contributed by atoms with Crippen molar-refractivity contribution in [2.24, 2.45) is 0 Å². The molecule has 0 saturated heterocycles. The van der Waals surface area contributed by atoms with E-state index in [-0.39, 0.29) is 0 Å². The zero-order valence-electron chi connectivity index (χ0n) is 6.96. The van der Waals surface area contributed by atoms with E-state index in [0.717, 1.165) is 16.5 Å². The Kier molecular flexibility index (Phi) is 1.69. The van der Waals surface area contributed by atoms with E-state index >= 15 is 0 Å². The Labute approximate surface area is 74.5 Å². The van der Waals surface area contributed by atoms with Crippen LogP contribution in [0.25, 0.3) is 10.7 Å². The highest BCUT2D eigenvalue weighted by Crippen LogP contribution is 2.23. The summed E-state index contributed by atoms with van der Waals surface area (Å²) < 4.78 is 0. The van der Waals surface area contributed by atoms with Crippen molar-refractivity contribution in [3.8, 4) is 10.7 Å². The number of nitrogens with zero attached hydrogens (tertiary/aromatic N) is 2. The summed E-state index contributed by atoms with van der Waals surface area (Å²) in [7, 11) is 0. The summed E-state index contributed by atoms with van der Waals surface area (Å²) in [4.78, 5) is 6.64. The molecule has 0 saturated carbocycles. The van der Waals surface area contributed by atoms with Gasteiger partial charge in [0.15, 0.2) is 5.82 Å². The number of nitrogens with one attached hydrogen (secondary N) is 1. The summed E-state index contributed by atoms with van der Waals surface area (Å²) >= 11 is 1.71. The molecule has 2 rings (SSSR count). The third-order valence-corrected chi connectivity index (χ3v) is 2.55. The smallest absolute Gasteiger partial charge is 0.191 e. The molecule has 0 aliphatic carbocycles. The summed E-state index contributed by atoms with van der Waals surface area (Å²) in [6.07, 6.45) is 0. The molecule has 62 valence electrons. The zero-order valence-corrected chi connectivity index (χ0v) is 7.77. The third kappa shape index (κ3) is 1.25. The second kappa shape index (κ2) is 2.71. The largest absolute Gasteiger partial charge is 0.263 e. The number of aromatic nitrogens is 3. The fourth-order valence-corrected chi connectivity index (χ4v) is 1.81. The molecule has 0 unspecified atom stereocenters. The second-order valence-electron chi connectivity index (χ2n) is 2.65. The lowest BCUT2D eigenvalue weighted by Crippen LogP contribution is -1.73. The highest BCUT2D eigenvalue weighted by Gasteiger charge is 2.04. The molecule has 0 aliphatic rings. The first-order valence-corrected chi connectivity index (χ1v) is 4.53. The van der Waals surface area contributed by atoms with Crippen molar-refractivity contribution in [2.45, 2.75) is 13.8 Å². The van der Waals surface area contributed by atoms with Crippen LogP contribution in [0, 0.1) is 13.8 Å². The number of hydrogen-bond donors (Lipinski definition) is 1. The standard InChI is InChI=1S/C8H9N3S/c1-5-3-4-7(12-5)8-9-6(2)10-11-8/h3-4H,1-2H3,(H,9,10,11). The van der Waals surface area contributed by atoms with Gasteiger partial charge in [-0.2, -0.15) is 5.10 Å². The van der Waals surface area contributed by atoms with Crippen LogP contribution in [0.2, 0.25) is 0 Å². The molecular weight excluding hydrogens is 170 g/mol. The van der Waals surface area contributed by atoms with E-state index in [2.05, 4.69) is 28.2 Å². The van der Waals surface area contributed by atoms with Crippen LogP contribution in [0.15, 0.2) is 12.1 Å². The average molecular weight is 179 g/mol. The fraction of sp³-hybridized carbons (Fsp3) is 0.250. The summed E-state index contributed by atoms with van der Waals surface area (Å²) in [6.45, 7) is 3.98. The molecule has 2 aromatic heterocycles. The lowest BCUT2D eigenvalue weighted by atomic mass is 10.4. The van der Waals surface area contributed by atoms with Gasteiger partial charge in [0.1, 0.15) is 5.82 Å². The lowest BCUT2D eigenvalue weighted by Gasteiger charge is -1.83. The predicted molar refractivity (Wildman–Crippen MR) is 49.2 cm³/mol. The number of aryl methyl sites for hydroxylation is 2.